The minimum absolute atomic E-state index is 0.185. The Balaban J connectivity index is 2.37. The van der Waals surface area contributed by atoms with Gasteiger partial charge in [-0.3, -0.25) is 4.79 Å². The van der Waals surface area contributed by atoms with Crippen molar-refractivity contribution in [3.63, 3.8) is 0 Å². The third kappa shape index (κ3) is 27.9. The molecule has 0 aliphatic carbocycles. The molecule has 7 unspecified atom stereocenters. The molecule has 6 N–H and O–H groups in total. The zero-order chi connectivity index (χ0) is 40.2. The van der Waals surface area contributed by atoms with Gasteiger partial charge in [0, 0.05) is 6.42 Å². The number of unbranched alkanes of at least 4 members (excludes halogenated alkanes) is 26. The van der Waals surface area contributed by atoms with Crippen LogP contribution in [0.25, 0.3) is 0 Å². The summed E-state index contributed by atoms with van der Waals surface area (Å²) in [6, 6.07) is -0.805. The van der Waals surface area contributed by atoms with Crippen LogP contribution in [0.15, 0.2) is 24.3 Å². The second kappa shape index (κ2) is 37.0. The number of aliphatic hydroxyl groups excluding tert-OH is 5. The van der Waals surface area contributed by atoms with Crippen LogP contribution in [0.2, 0.25) is 0 Å². The second-order valence-electron chi connectivity index (χ2n) is 16.2. The standard InChI is InChI=1S/C46H87NO8/c1-3-5-7-9-11-13-15-17-19-21-23-25-27-29-31-33-35-40(49)39(38-54-46-45(53)44(52)43(51)41(37-48)55-46)47-42(50)36-34-32-30-28-26-24-22-20-18-16-14-12-10-8-6-4-2/h20,22,33,35,39-41,43-46,48-49,51-53H,3-19,21,23-32,34,36-38H2,1-2H3,(H,47,50)/b22-20-,35-33+. The summed E-state index contributed by atoms with van der Waals surface area (Å²) in [5.41, 5.74) is 0. The molecule has 1 aliphatic rings. The molecule has 0 spiro atoms. The van der Waals surface area contributed by atoms with Crippen molar-refractivity contribution in [3.05, 3.63) is 24.3 Å². The lowest BCUT2D eigenvalue weighted by atomic mass is 9.99. The Kier molecular flexibility index (Phi) is 34.7. The van der Waals surface area contributed by atoms with Crippen LogP contribution in [0.1, 0.15) is 206 Å². The maximum atomic E-state index is 12.9. The average Bonchev–Trinajstić information content (AvgIpc) is 3.18. The molecule has 0 aromatic heterocycles. The Morgan fingerprint density at radius 1 is 0.600 bits per heavy atom. The third-order valence-electron chi connectivity index (χ3n) is 11.0. The minimum Gasteiger partial charge on any atom is -0.394 e. The van der Waals surface area contributed by atoms with Gasteiger partial charge in [-0.15, -0.1) is 0 Å². The summed E-state index contributed by atoms with van der Waals surface area (Å²) in [4.78, 5) is 12.9. The van der Waals surface area contributed by atoms with Crippen molar-refractivity contribution >= 4 is 5.91 Å². The molecule has 0 aromatic carbocycles. The van der Waals surface area contributed by atoms with Gasteiger partial charge in [0.15, 0.2) is 6.29 Å². The van der Waals surface area contributed by atoms with Gasteiger partial charge in [-0.2, -0.15) is 0 Å². The number of ether oxygens (including phenoxy) is 2. The van der Waals surface area contributed by atoms with E-state index in [9.17, 15) is 30.3 Å². The fourth-order valence-corrected chi connectivity index (χ4v) is 7.27. The highest BCUT2D eigenvalue weighted by molar-refractivity contribution is 5.76. The molecular weight excluding hydrogens is 695 g/mol. The van der Waals surface area contributed by atoms with E-state index in [1.54, 1.807) is 6.08 Å². The molecule has 1 amide bonds. The maximum absolute atomic E-state index is 12.9. The normalized spacial score (nSPS) is 21.5. The average molecular weight is 782 g/mol. The van der Waals surface area contributed by atoms with E-state index in [0.29, 0.717) is 6.42 Å². The van der Waals surface area contributed by atoms with Crippen molar-refractivity contribution in [2.75, 3.05) is 13.2 Å². The highest BCUT2D eigenvalue weighted by Gasteiger charge is 2.44. The monoisotopic (exact) mass is 782 g/mol. The predicted molar refractivity (Wildman–Crippen MR) is 226 cm³/mol. The molecule has 1 heterocycles. The quantitative estimate of drug-likeness (QED) is 0.0268. The first-order valence-corrected chi connectivity index (χ1v) is 23.1. The first kappa shape index (κ1) is 51.7. The van der Waals surface area contributed by atoms with Crippen LogP contribution >= 0.6 is 0 Å². The van der Waals surface area contributed by atoms with Crippen molar-refractivity contribution in [1.29, 1.82) is 0 Å². The number of nitrogens with one attached hydrogen (secondary N) is 1. The highest BCUT2D eigenvalue weighted by Crippen LogP contribution is 2.22. The van der Waals surface area contributed by atoms with Crippen LogP contribution in [0.3, 0.4) is 0 Å². The topological polar surface area (TPSA) is 149 Å². The molecular formula is C46H87NO8. The SMILES string of the molecule is CCCCCCCCC/C=C\CCCCCCCC(=O)NC(COC1OC(CO)C(O)C(O)C1O)C(O)/C=C/CCCCCCCCCCCCCCCC. The van der Waals surface area contributed by atoms with E-state index < -0.39 is 49.5 Å². The zero-order valence-electron chi connectivity index (χ0n) is 35.4. The molecule has 55 heavy (non-hydrogen) atoms. The van der Waals surface area contributed by atoms with Crippen LogP contribution in [-0.4, -0.2) is 87.5 Å². The van der Waals surface area contributed by atoms with Crippen molar-refractivity contribution in [2.45, 2.75) is 249 Å². The Hall–Kier alpha value is -1.33. The van der Waals surface area contributed by atoms with Gasteiger partial charge >= 0.3 is 0 Å². The fraction of sp³-hybridized carbons (Fsp3) is 0.891. The van der Waals surface area contributed by atoms with E-state index in [-0.39, 0.29) is 12.5 Å². The smallest absolute Gasteiger partial charge is 0.220 e. The molecule has 324 valence electrons. The number of amides is 1. The number of hydrogen-bond acceptors (Lipinski definition) is 8. The highest BCUT2D eigenvalue weighted by atomic mass is 16.7. The number of carbonyl (C=O) groups is 1. The number of rotatable bonds is 38. The first-order valence-electron chi connectivity index (χ1n) is 23.1. The van der Waals surface area contributed by atoms with E-state index in [0.717, 1.165) is 57.8 Å². The lowest BCUT2D eigenvalue weighted by molar-refractivity contribution is -0.302. The summed E-state index contributed by atoms with van der Waals surface area (Å²) >= 11 is 0. The van der Waals surface area contributed by atoms with Crippen LogP contribution < -0.4 is 5.32 Å². The van der Waals surface area contributed by atoms with E-state index >= 15 is 0 Å². The van der Waals surface area contributed by atoms with Crippen LogP contribution in [0.4, 0.5) is 0 Å². The largest absolute Gasteiger partial charge is 0.394 e. The maximum Gasteiger partial charge on any atom is 0.220 e. The molecule has 0 radical (unpaired) electrons. The fourth-order valence-electron chi connectivity index (χ4n) is 7.27. The van der Waals surface area contributed by atoms with E-state index in [4.69, 9.17) is 9.47 Å². The number of hydrogen-bond donors (Lipinski definition) is 6. The number of aliphatic hydroxyl groups is 5. The Labute approximate surface area is 337 Å². The Morgan fingerprint density at radius 2 is 1.02 bits per heavy atom. The predicted octanol–water partition coefficient (Wildman–Crippen LogP) is 9.50. The molecule has 7 atom stereocenters. The van der Waals surface area contributed by atoms with E-state index in [1.165, 1.54) is 128 Å². The van der Waals surface area contributed by atoms with Crippen LogP contribution in [-0.2, 0) is 14.3 Å². The van der Waals surface area contributed by atoms with Gasteiger partial charge in [0.2, 0.25) is 5.91 Å². The summed E-state index contributed by atoms with van der Waals surface area (Å²) in [7, 11) is 0. The third-order valence-corrected chi connectivity index (χ3v) is 11.0. The van der Waals surface area contributed by atoms with Crippen molar-refractivity contribution < 1.29 is 39.8 Å². The molecule has 9 heteroatoms. The first-order chi connectivity index (χ1) is 26.8. The van der Waals surface area contributed by atoms with Gasteiger partial charge < -0.3 is 40.3 Å². The Morgan fingerprint density at radius 3 is 1.47 bits per heavy atom. The van der Waals surface area contributed by atoms with Gasteiger partial charge in [-0.1, -0.05) is 179 Å². The van der Waals surface area contributed by atoms with Gasteiger partial charge in [-0.05, 0) is 44.9 Å². The number of carbonyl (C=O) groups excluding carboxylic acids is 1. The number of allylic oxidation sites excluding steroid dienone is 3. The lowest BCUT2D eigenvalue weighted by Crippen LogP contribution is -2.60. The molecule has 0 saturated carbocycles. The van der Waals surface area contributed by atoms with Crippen LogP contribution in [0, 0.1) is 0 Å². The molecule has 1 fully saturated rings. The molecule has 9 nitrogen and oxygen atoms in total. The minimum atomic E-state index is -1.57. The molecule has 1 rings (SSSR count). The lowest BCUT2D eigenvalue weighted by Gasteiger charge is -2.40. The van der Waals surface area contributed by atoms with E-state index in [1.807, 2.05) is 6.08 Å². The zero-order valence-corrected chi connectivity index (χ0v) is 35.4. The molecule has 1 aliphatic heterocycles. The van der Waals surface area contributed by atoms with Gasteiger partial charge in [-0.25, -0.2) is 0 Å². The van der Waals surface area contributed by atoms with Crippen LogP contribution in [0.5, 0.6) is 0 Å². The van der Waals surface area contributed by atoms with Gasteiger partial charge in [0.1, 0.15) is 24.4 Å². The van der Waals surface area contributed by atoms with Crippen molar-refractivity contribution in [1.82, 2.24) is 5.32 Å². The van der Waals surface area contributed by atoms with Gasteiger partial charge in [0.05, 0.1) is 25.4 Å². The molecule has 0 aromatic rings. The summed E-state index contributed by atoms with van der Waals surface area (Å²) < 4.78 is 11.2. The Bertz CT molecular complexity index is 914. The molecule has 1 saturated heterocycles. The van der Waals surface area contributed by atoms with Gasteiger partial charge in [0.25, 0.3) is 0 Å². The summed E-state index contributed by atoms with van der Waals surface area (Å²) in [5.74, 6) is -0.185. The summed E-state index contributed by atoms with van der Waals surface area (Å²) in [5, 5.41) is 54.2. The molecule has 0 bridgehead atoms. The van der Waals surface area contributed by atoms with Crippen molar-refractivity contribution in [2.24, 2.45) is 0 Å². The van der Waals surface area contributed by atoms with E-state index in [2.05, 4.69) is 31.3 Å². The van der Waals surface area contributed by atoms with Crippen molar-refractivity contribution in [3.8, 4) is 0 Å². The summed E-state index contributed by atoms with van der Waals surface area (Å²) in [6.45, 7) is 3.77. The summed E-state index contributed by atoms with van der Waals surface area (Å²) in [6.07, 6.45) is 36.4. The second-order valence-corrected chi connectivity index (χ2v) is 16.2.